The molecular formula is C12H12FN3OS. The van der Waals surface area contributed by atoms with Crippen LogP contribution in [0.4, 0.5) is 10.1 Å². The molecule has 0 radical (unpaired) electrons. The Morgan fingerprint density at radius 3 is 3.00 bits per heavy atom. The Labute approximate surface area is 108 Å². The summed E-state index contributed by atoms with van der Waals surface area (Å²) in [5, 5.41) is 2.70. The number of halogens is 1. The molecular weight excluding hydrogens is 253 g/mol. The topological polar surface area (TPSA) is 68.0 Å². The van der Waals surface area contributed by atoms with Crippen LogP contribution in [0.3, 0.4) is 0 Å². The van der Waals surface area contributed by atoms with E-state index in [1.54, 1.807) is 5.51 Å². The number of benzene rings is 1. The SMILES string of the molecule is Cc1ncsc1CNC(=O)c1cccc(F)c1N. The van der Waals surface area contributed by atoms with Crippen LogP contribution >= 0.6 is 11.3 Å². The Hall–Kier alpha value is -1.95. The van der Waals surface area contributed by atoms with Crippen LogP contribution in [0.25, 0.3) is 0 Å². The van der Waals surface area contributed by atoms with Gasteiger partial charge in [0.1, 0.15) is 5.82 Å². The van der Waals surface area contributed by atoms with Crippen molar-refractivity contribution in [1.82, 2.24) is 10.3 Å². The first-order valence-corrected chi connectivity index (χ1v) is 6.18. The van der Waals surface area contributed by atoms with Crippen molar-refractivity contribution in [3.05, 3.63) is 45.7 Å². The highest BCUT2D eigenvalue weighted by atomic mass is 32.1. The highest BCUT2D eigenvalue weighted by molar-refractivity contribution is 7.09. The quantitative estimate of drug-likeness (QED) is 0.835. The molecule has 0 saturated heterocycles. The first-order chi connectivity index (χ1) is 8.59. The van der Waals surface area contributed by atoms with E-state index in [1.807, 2.05) is 6.92 Å². The lowest BCUT2D eigenvalue weighted by atomic mass is 10.1. The maximum atomic E-state index is 13.2. The second-order valence-electron chi connectivity index (χ2n) is 3.74. The molecule has 2 rings (SSSR count). The molecule has 1 heterocycles. The van der Waals surface area contributed by atoms with Gasteiger partial charge in [-0.1, -0.05) is 6.07 Å². The number of nitrogens with one attached hydrogen (secondary N) is 1. The van der Waals surface area contributed by atoms with Gasteiger partial charge in [-0.25, -0.2) is 9.37 Å². The summed E-state index contributed by atoms with van der Waals surface area (Å²) >= 11 is 1.46. The van der Waals surface area contributed by atoms with E-state index in [-0.39, 0.29) is 17.2 Å². The molecule has 6 heteroatoms. The van der Waals surface area contributed by atoms with Crippen molar-refractivity contribution in [1.29, 1.82) is 0 Å². The van der Waals surface area contributed by atoms with Crippen LogP contribution in [0.15, 0.2) is 23.7 Å². The molecule has 0 aliphatic heterocycles. The predicted molar refractivity (Wildman–Crippen MR) is 68.8 cm³/mol. The van der Waals surface area contributed by atoms with Gasteiger partial charge >= 0.3 is 0 Å². The molecule has 1 aromatic carbocycles. The van der Waals surface area contributed by atoms with Gasteiger partial charge in [-0.15, -0.1) is 11.3 Å². The Morgan fingerprint density at radius 1 is 1.56 bits per heavy atom. The molecule has 2 aromatic rings. The van der Waals surface area contributed by atoms with E-state index < -0.39 is 5.82 Å². The summed E-state index contributed by atoms with van der Waals surface area (Å²) in [4.78, 5) is 16.9. The smallest absolute Gasteiger partial charge is 0.253 e. The maximum absolute atomic E-state index is 13.2. The summed E-state index contributed by atoms with van der Waals surface area (Å²) in [6.07, 6.45) is 0. The van der Waals surface area contributed by atoms with E-state index in [4.69, 9.17) is 5.73 Å². The van der Waals surface area contributed by atoms with Crippen molar-refractivity contribution in [3.63, 3.8) is 0 Å². The number of carbonyl (C=O) groups excluding carboxylic acids is 1. The van der Waals surface area contributed by atoms with Crippen LogP contribution in [-0.2, 0) is 6.54 Å². The number of hydrogen-bond acceptors (Lipinski definition) is 4. The Bertz CT molecular complexity index is 582. The van der Waals surface area contributed by atoms with Gasteiger partial charge < -0.3 is 11.1 Å². The number of hydrogen-bond donors (Lipinski definition) is 2. The predicted octanol–water partition coefficient (Wildman–Crippen LogP) is 2.10. The number of aromatic nitrogens is 1. The highest BCUT2D eigenvalue weighted by Gasteiger charge is 2.12. The molecule has 18 heavy (non-hydrogen) atoms. The van der Waals surface area contributed by atoms with Gasteiger partial charge in [0.15, 0.2) is 0 Å². The zero-order valence-electron chi connectivity index (χ0n) is 9.74. The zero-order valence-corrected chi connectivity index (χ0v) is 10.6. The number of nitrogen functional groups attached to an aromatic ring is 1. The van der Waals surface area contributed by atoms with Gasteiger partial charge in [-0.05, 0) is 19.1 Å². The van der Waals surface area contributed by atoms with Gasteiger partial charge in [-0.2, -0.15) is 0 Å². The molecule has 1 amide bonds. The second-order valence-corrected chi connectivity index (χ2v) is 4.68. The number of para-hydroxylation sites is 1. The highest BCUT2D eigenvalue weighted by Crippen LogP contribution is 2.16. The standard InChI is InChI=1S/C12H12FN3OS/c1-7-10(18-6-16-7)5-15-12(17)8-3-2-4-9(13)11(8)14/h2-4,6H,5,14H2,1H3,(H,15,17). The summed E-state index contributed by atoms with van der Waals surface area (Å²) in [6, 6.07) is 4.17. The van der Waals surface area contributed by atoms with E-state index in [1.165, 1.54) is 29.5 Å². The summed E-state index contributed by atoms with van der Waals surface area (Å²) in [5.74, 6) is -0.976. The maximum Gasteiger partial charge on any atom is 0.253 e. The van der Waals surface area contributed by atoms with Crippen LogP contribution in [0.1, 0.15) is 20.9 Å². The van der Waals surface area contributed by atoms with E-state index in [0.717, 1.165) is 10.6 Å². The van der Waals surface area contributed by atoms with Crippen molar-refractivity contribution >= 4 is 22.9 Å². The Kier molecular flexibility index (Phi) is 3.57. The number of rotatable bonds is 3. The summed E-state index contributed by atoms with van der Waals surface area (Å²) in [6.45, 7) is 2.24. The molecule has 0 atom stereocenters. The number of nitrogens with two attached hydrogens (primary N) is 1. The minimum Gasteiger partial charge on any atom is -0.396 e. The average Bonchev–Trinajstić information content (AvgIpc) is 2.75. The molecule has 1 aromatic heterocycles. The molecule has 0 aliphatic carbocycles. The van der Waals surface area contributed by atoms with Crippen molar-refractivity contribution in [2.75, 3.05) is 5.73 Å². The van der Waals surface area contributed by atoms with Gasteiger partial charge in [0.25, 0.3) is 5.91 Å². The first-order valence-electron chi connectivity index (χ1n) is 5.30. The van der Waals surface area contributed by atoms with E-state index >= 15 is 0 Å². The molecule has 0 fully saturated rings. The van der Waals surface area contributed by atoms with Crippen LogP contribution < -0.4 is 11.1 Å². The Balaban J connectivity index is 2.09. The minimum absolute atomic E-state index is 0.129. The van der Waals surface area contributed by atoms with Crippen molar-refractivity contribution in [2.24, 2.45) is 0 Å². The molecule has 0 bridgehead atoms. The molecule has 0 saturated carbocycles. The van der Waals surface area contributed by atoms with Crippen LogP contribution in [0.5, 0.6) is 0 Å². The van der Waals surface area contributed by atoms with Crippen molar-refractivity contribution < 1.29 is 9.18 Å². The van der Waals surface area contributed by atoms with Crippen LogP contribution in [0, 0.1) is 12.7 Å². The lowest BCUT2D eigenvalue weighted by Gasteiger charge is -2.07. The fraction of sp³-hybridized carbons (Fsp3) is 0.167. The van der Waals surface area contributed by atoms with Crippen molar-refractivity contribution in [2.45, 2.75) is 13.5 Å². The summed E-state index contributed by atoms with van der Waals surface area (Å²) in [5.41, 5.74) is 8.14. The minimum atomic E-state index is -0.586. The van der Waals surface area contributed by atoms with Gasteiger partial charge in [0.05, 0.1) is 29.0 Å². The third-order valence-corrected chi connectivity index (χ3v) is 3.49. The Morgan fingerprint density at radius 2 is 2.33 bits per heavy atom. The fourth-order valence-corrected chi connectivity index (χ4v) is 2.20. The summed E-state index contributed by atoms with van der Waals surface area (Å²) < 4.78 is 13.2. The number of thiazole rings is 1. The van der Waals surface area contributed by atoms with E-state index in [2.05, 4.69) is 10.3 Å². The van der Waals surface area contributed by atoms with Crippen LogP contribution in [0.2, 0.25) is 0 Å². The van der Waals surface area contributed by atoms with E-state index in [9.17, 15) is 9.18 Å². The zero-order chi connectivity index (χ0) is 13.1. The first kappa shape index (κ1) is 12.5. The number of amides is 1. The van der Waals surface area contributed by atoms with Gasteiger partial charge in [-0.3, -0.25) is 4.79 Å². The largest absolute Gasteiger partial charge is 0.396 e. The summed E-state index contributed by atoms with van der Waals surface area (Å²) in [7, 11) is 0. The number of anilines is 1. The average molecular weight is 265 g/mol. The van der Waals surface area contributed by atoms with Crippen molar-refractivity contribution in [3.8, 4) is 0 Å². The van der Waals surface area contributed by atoms with Gasteiger partial charge in [0.2, 0.25) is 0 Å². The molecule has 0 unspecified atom stereocenters. The fourth-order valence-electron chi connectivity index (χ4n) is 1.49. The number of nitrogens with zero attached hydrogens (tertiary/aromatic N) is 1. The monoisotopic (exact) mass is 265 g/mol. The lowest BCUT2D eigenvalue weighted by Crippen LogP contribution is -2.24. The lowest BCUT2D eigenvalue weighted by molar-refractivity contribution is 0.0952. The molecule has 94 valence electrons. The molecule has 0 aliphatic rings. The van der Waals surface area contributed by atoms with Gasteiger partial charge in [0, 0.05) is 4.88 Å². The normalized spacial score (nSPS) is 10.3. The third-order valence-electron chi connectivity index (χ3n) is 2.55. The third kappa shape index (κ3) is 2.48. The number of aryl methyl sites for hydroxylation is 1. The second kappa shape index (κ2) is 5.14. The molecule has 0 spiro atoms. The molecule has 4 nitrogen and oxygen atoms in total. The number of carbonyl (C=O) groups is 1. The van der Waals surface area contributed by atoms with Crippen LogP contribution in [-0.4, -0.2) is 10.9 Å². The van der Waals surface area contributed by atoms with E-state index in [0.29, 0.717) is 6.54 Å². The molecule has 3 N–H and O–H groups in total.